The highest BCUT2D eigenvalue weighted by atomic mass is 35.5. The maximum Gasteiger partial charge on any atom is 0.125 e. The van der Waals surface area contributed by atoms with E-state index in [1.165, 1.54) is 11.1 Å². The van der Waals surface area contributed by atoms with Gasteiger partial charge in [-0.05, 0) is 25.5 Å². The number of hydrogen-bond donors (Lipinski definition) is 0. The van der Waals surface area contributed by atoms with E-state index in [0.29, 0.717) is 5.88 Å². The lowest BCUT2D eigenvalue weighted by molar-refractivity contribution is 0.634. The number of halogens is 1. The third kappa shape index (κ3) is 2.18. The second-order valence-corrected chi connectivity index (χ2v) is 5.25. The van der Waals surface area contributed by atoms with E-state index in [1.54, 1.807) is 12.4 Å². The molecule has 1 aromatic carbocycles. The molecule has 0 fully saturated rings. The molecule has 0 saturated heterocycles. The number of fused-ring (bicyclic) bond motifs is 1. The molecule has 3 nitrogen and oxygen atoms in total. The van der Waals surface area contributed by atoms with Gasteiger partial charge in [0.2, 0.25) is 0 Å². The molecule has 0 radical (unpaired) electrons. The summed E-state index contributed by atoms with van der Waals surface area (Å²) in [5, 5.41) is 0. The molecule has 0 aliphatic heterocycles. The van der Waals surface area contributed by atoms with Crippen molar-refractivity contribution in [3.05, 3.63) is 59.7 Å². The van der Waals surface area contributed by atoms with Crippen molar-refractivity contribution in [3.63, 3.8) is 0 Å². The zero-order chi connectivity index (χ0) is 14.1. The number of aryl methyl sites for hydroxylation is 1. The number of alkyl halides is 1. The first kappa shape index (κ1) is 13.1. The summed E-state index contributed by atoms with van der Waals surface area (Å²) < 4.78 is 2.19. The van der Waals surface area contributed by atoms with Crippen LogP contribution in [-0.4, -0.2) is 14.5 Å². The van der Waals surface area contributed by atoms with Gasteiger partial charge >= 0.3 is 0 Å². The van der Waals surface area contributed by atoms with Crippen LogP contribution < -0.4 is 0 Å². The Bertz CT molecular complexity index is 731. The van der Waals surface area contributed by atoms with Gasteiger partial charge < -0.3 is 4.57 Å². The van der Waals surface area contributed by atoms with Gasteiger partial charge in [0.05, 0.1) is 23.6 Å². The fourth-order valence-electron chi connectivity index (χ4n) is 2.52. The van der Waals surface area contributed by atoms with Crippen LogP contribution in [0.5, 0.6) is 0 Å². The quantitative estimate of drug-likeness (QED) is 0.679. The summed E-state index contributed by atoms with van der Waals surface area (Å²) in [5.74, 6) is 1.27. The van der Waals surface area contributed by atoms with Crippen LogP contribution in [0.2, 0.25) is 0 Å². The molecule has 0 amide bonds. The average Bonchev–Trinajstić information content (AvgIpc) is 2.85. The van der Waals surface area contributed by atoms with E-state index < -0.39 is 0 Å². The van der Waals surface area contributed by atoms with E-state index >= 15 is 0 Å². The number of rotatable bonds is 3. The smallest absolute Gasteiger partial charge is 0.125 e. The van der Waals surface area contributed by atoms with Gasteiger partial charge in [0.15, 0.2) is 0 Å². The van der Waals surface area contributed by atoms with E-state index in [2.05, 4.69) is 52.6 Å². The van der Waals surface area contributed by atoms with Crippen molar-refractivity contribution in [2.45, 2.75) is 25.8 Å². The minimum atomic E-state index is 0.191. The zero-order valence-corrected chi connectivity index (χ0v) is 12.3. The summed E-state index contributed by atoms with van der Waals surface area (Å²) in [7, 11) is 0. The van der Waals surface area contributed by atoms with Crippen molar-refractivity contribution in [2.75, 3.05) is 0 Å². The Morgan fingerprint density at radius 1 is 1.20 bits per heavy atom. The molecule has 102 valence electrons. The topological polar surface area (TPSA) is 30.7 Å². The van der Waals surface area contributed by atoms with Gasteiger partial charge in [0, 0.05) is 6.20 Å². The Hall–Kier alpha value is -1.87. The predicted molar refractivity (Wildman–Crippen MR) is 82.1 cm³/mol. The highest BCUT2D eigenvalue weighted by Crippen LogP contribution is 2.26. The van der Waals surface area contributed by atoms with Crippen LogP contribution >= 0.6 is 11.6 Å². The molecule has 4 heteroatoms. The van der Waals surface area contributed by atoms with Crippen LogP contribution in [0.4, 0.5) is 0 Å². The Labute approximate surface area is 123 Å². The molecule has 1 atom stereocenters. The van der Waals surface area contributed by atoms with Crippen LogP contribution in [0, 0.1) is 6.92 Å². The van der Waals surface area contributed by atoms with Crippen molar-refractivity contribution < 1.29 is 0 Å². The molecule has 2 aromatic heterocycles. The molecule has 3 aromatic rings. The van der Waals surface area contributed by atoms with Crippen LogP contribution in [0.3, 0.4) is 0 Å². The Morgan fingerprint density at radius 3 is 2.65 bits per heavy atom. The molecule has 1 unspecified atom stereocenters. The first-order chi connectivity index (χ1) is 9.70. The molecule has 0 aliphatic rings. The van der Waals surface area contributed by atoms with Crippen LogP contribution in [0.1, 0.15) is 29.9 Å². The summed E-state index contributed by atoms with van der Waals surface area (Å²) in [6.07, 6.45) is 3.57. The second kappa shape index (κ2) is 5.25. The van der Waals surface area contributed by atoms with Gasteiger partial charge in [-0.3, -0.25) is 4.98 Å². The lowest BCUT2D eigenvalue weighted by atomic mass is 10.1. The Morgan fingerprint density at radius 2 is 1.95 bits per heavy atom. The normalized spacial score (nSPS) is 12.8. The first-order valence-electron chi connectivity index (χ1n) is 6.64. The SMILES string of the molecule is Cc1ccc(C(C)n2c(CCl)nc3cnccc32)cc1. The molecule has 0 saturated carbocycles. The van der Waals surface area contributed by atoms with E-state index in [-0.39, 0.29) is 6.04 Å². The van der Waals surface area contributed by atoms with Crippen molar-refractivity contribution in [3.8, 4) is 0 Å². The van der Waals surface area contributed by atoms with Crippen molar-refractivity contribution >= 4 is 22.6 Å². The van der Waals surface area contributed by atoms with Crippen LogP contribution in [0.15, 0.2) is 42.7 Å². The zero-order valence-electron chi connectivity index (χ0n) is 11.5. The van der Waals surface area contributed by atoms with E-state index in [0.717, 1.165) is 16.9 Å². The largest absolute Gasteiger partial charge is 0.320 e. The monoisotopic (exact) mass is 285 g/mol. The van der Waals surface area contributed by atoms with Gasteiger partial charge in [-0.2, -0.15) is 0 Å². The average molecular weight is 286 g/mol. The fraction of sp³-hybridized carbons (Fsp3) is 0.250. The Kier molecular flexibility index (Phi) is 3.45. The number of aromatic nitrogens is 3. The second-order valence-electron chi connectivity index (χ2n) is 4.98. The van der Waals surface area contributed by atoms with E-state index in [1.807, 2.05) is 6.07 Å². The number of pyridine rings is 1. The van der Waals surface area contributed by atoms with E-state index in [9.17, 15) is 0 Å². The van der Waals surface area contributed by atoms with Crippen molar-refractivity contribution in [2.24, 2.45) is 0 Å². The minimum absolute atomic E-state index is 0.191. The number of benzene rings is 1. The summed E-state index contributed by atoms with van der Waals surface area (Å²) in [4.78, 5) is 8.69. The van der Waals surface area contributed by atoms with Crippen molar-refractivity contribution in [1.82, 2.24) is 14.5 Å². The summed E-state index contributed by atoms with van der Waals surface area (Å²) in [6, 6.07) is 10.8. The number of hydrogen-bond acceptors (Lipinski definition) is 2. The third-order valence-corrected chi connectivity index (χ3v) is 3.87. The molecule has 0 bridgehead atoms. The maximum atomic E-state index is 6.06. The molecular weight excluding hydrogens is 270 g/mol. The lowest BCUT2D eigenvalue weighted by Gasteiger charge is -2.17. The van der Waals surface area contributed by atoms with Gasteiger partial charge in [-0.1, -0.05) is 29.8 Å². The summed E-state index contributed by atoms with van der Waals surface area (Å²) >= 11 is 6.06. The highest BCUT2D eigenvalue weighted by Gasteiger charge is 2.16. The highest BCUT2D eigenvalue weighted by molar-refractivity contribution is 6.16. The lowest BCUT2D eigenvalue weighted by Crippen LogP contribution is -2.09. The number of imidazole rings is 1. The molecule has 0 spiro atoms. The van der Waals surface area contributed by atoms with Gasteiger partial charge in [-0.25, -0.2) is 4.98 Å². The standard InChI is InChI=1S/C16H16ClN3/c1-11-3-5-13(6-4-11)12(2)20-15-7-8-18-10-14(15)19-16(20)9-17/h3-8,10,12H,9H2,1-2H3. The maximum absolute atomic E-state index is 6.06. The molecule has 3 rings (SSSR count). The predicted octanol–water partition coefficient (Wildman–Crippen LogP) is 4.09. The molecule has 0 N–H and O–H groups in total. The van der Waals surface area contributed by atoms with Crippen LogP contribution in [-0.2, 0) is 5.88 Å². The first-order valence-corrected chi connectivity index (χ1v) is 7.17. The minimum Gasteiger partial charge on any atom is -0.320 e. The Balaban J connectivity index is 2.15. The van der Waals surface area contributed by atoms with Gasteiger partial charge in [-0.15, -0.1) is 11.6 Å². The summed E-state index contributed by atoms with van der Waals surface area (Å²) in [6.45, 7) is 4.26. The molecule has 0 aliphatic carbocycles. The summed E-state index contributed by atoms with van der Waals surface area (Å²) in [5.41, 5.74) is 4.47. The number of nitrogens with zero attached hydrogens (tertiary/aromatic N) is 3. The molecule has 2 heterocycles. The van der Waals surface area contributed by atoms with Crippen LogP contribution in [0.25, 0.3) is 11.0 Å². The van der Waals surface area contributed by atoms with Gasteiger partial charge in [0.25, 0.3) is 0 Å². The molecular formula is C16H16ClN3. The van der Waals surface area contributed by atoms with E-state index in [4.69, 9.17) is 11.6 Å². The molecule has 20 heavy (non-hydrogen) atoms. The van der Waals surface area contributed by atoms with Gasteiger partial charge in [0.1, 0.15) is 11.3 Å². The van der Waals surface area contributed by atoms with Crippen molar-refractivity contribution in [1.29, 1.82) is 0 Å². The fourth-order valence-corrected chi connectivity index (χ4v) is 2.71. The third-order valence-electron chi connectivity index (χ3n) is 3.63.